The van der Waals surface area contributed by atoms with E-state index in [1.165, 1.54) is 0 Å². The SMILES string of the molecule is CCCNC(c1cc(Cl)cc(Cl)c1)c1ccc(Cl)cc1Cl. The van der Waals surface area contributed by atoms with Crippen LogP contribution in [0.25, 0.3) is 0 Å². The van der Waals surface area contributed by atoms with Crippen LogP contribution >= 0.6 is 46.4 Å². The molecule has 112 valence electrons. The van der Waals surface area contributed by atoms with E-state index in [1.54, 1.807) is 12.1 Å². The summed E-state index contributed by atoms with van der Waals surface area (Å²) in [6, 6.07) is 10.9. The quantitative estimate of drug-likeness (QED) is 0.649. The second-order valence-corrected chi connectivity index (χ2v) is 6.47. The normalized spacial score (nSPS) is 12.4. The molecule has 0 radical (unpaired) electrons. The third-order valence-electron chi connectivity index (χ3n) is 3.09. The summed E-state index contributed by atoms with van der Waals surface area (Å²) >= 11 is 24.5. The molecule has 0 heterocycles. The van der Waals surface area contributed by atoms with Crippen molar-refractivity contribution in [1.82, 2.24) is 5.32 Å². The molecule has 0 spiro atoms. The van der Waals surface area contributed by atoms with Gasteiger partial charge in [0.2, 0.25) is 0 Å². The maximum atomic E-state index is 6.34. The summed E-state index contributed by atoms with van der Waals surface area (Å²) in [5.41, 5.74) is 1.93. The Labute approximate surface area is 145 Å². The Kier molecular flexibility index (Phi) is 6.21. The molecule has 0 fully saturated rings. The van der Waals surface area contributed by atoms with E-state index >= 15 is 0 Å². The van der Waals surface area contributed by atoms with Crippen LogP contribution in [-0.4, -0.2) is 6.54 Å². The van der Waals surface area contributed by atoms with Gasteiger partial charge in [0, 0.05) is 20.1 Å². The van der Waals surface area contributed by atoms with E-state index in [0.717, 1.165) is 24.1 Å². The predicted molar refractivity (Wildman–Crippen MR) is 93.1 cm³/mol. The number of hydrogen-bond acceptors (Lipinski definition) is 1. The van der Waals surface area contributed by atoms with Crippen LogP contribution in [0.5, 0.6) is 0 Å². The third-order valence-corrected chi connectivity index (χ3v) is 4.09. The molecule has 0 aromatic heterocycles. The first-order valence-electron chi connectivity index (χ1n) is 6.65. The van der Waals surface area contributed by atoms with Crippen molar-refractivity contribution >= 4 is 46.4 Å². The largest absolute Gasteiger partial charge is 0.306 e. The van der Waals surface area contributed by atoms with E-state index in [0.29, 0.717) is 20.1 Å². The van der Waals surface area contributed by atoms with E-state index in [2.05, 4.69) is 12.2 Å². The van der Waals surface area contributed by atoms with E-state index in [9.17, 15) is 0 Å². The van der Waals surface area contributed by atoms with Crippen molar-refractivity contribution in [2.45, 2.75) is 19.4 Å². The number of benzene rings is 2. The fraction of sp³-hybridized carbons (Fsp3) is 0.250. The minimum Gasteiger partial charge on any atom is -0.306 e. The predicted octanol–water partition coefficient (Wildman–Crippen LogP) is 6.39. The Balaban J connectivity index is 2.46. The highest BCUT2D eigenvalue weighted by Gasteiger charge is 2.17. The smallest absolute Gasteiger partial charge is 0.0592 e. The third kappa shape index (κ3) is 4.51. The molecule has 0 amide bonds. The first-order valence-corrected chi connectivity index (χ1v) is 8.16. The van der Waals surface area contributed by atoms with E-state index in [1.807, 2.05) is 24.3 Å². The van der Waals surface area contributed by atoms with Crippen molar-refractivity contribution in [2.75, 3.05) is 6.54 Å². The van der Waals surface area contributed by atoms with Crippen LogP contribution in [0.1, 0.15) is 30.5 Å². The highest BCUT2D eigenvalue weighted by molar-refractivity contribution is 6.35. The van der Waals surface area contributed by atoms with E-state index in [-0.39, 0.29) is 6.04 Å². The molecular formula is C16H15Cl4N. The van der Waals surface area contributed by atoms with Crippen LogP contribution in [0.3, 0.4) is 0 Å². The molecule has 0 bridgehead atoms. The molecule has 2 aromatic carbocycles. The van der Waals surface area contributed by atoms with Crippen LogP contribution in [0.2, 0.25) is 20.1 Å². The van der Waals surface area contributed by atoms with Gasteiger partial charge < -0.3 is 5.32 Å². The van der Waals surface area contributed by atoms with Gasteiger partial charge in [-0.25, -0.2) is 0 Å². The fourth-order valence-corrected chi connectivity index (χ4v) is 3.23. The Morgan fingerprint density at radius 1 is 0.905 bits per heavy atom. The molecule has 2 rings (SSSR count). The van der Waals surface area contributed by atoms with Gasteiger partial charge >= 0.3 is 0 Å². The molecule has 21 heavy (non-hydrogen) atoms. The van der Waals surface area contributed by atoms with Gasteiger partial charge in [-0.1, -0.05) is 59.4 Å². The number of halogens is 4. The first-order chi connectivity index (χ1) is 10.0. The summed E-state index contributed by atoms with van der Waals surface area (Å²) < 4.78 is 0. The first kappa shape index (κ1) is 16.9. The molecule has 1 unspecified atom stereocenters. The Bertz CT molecular complexity index is 607. The second-order valence-electron chi connectivity index (χ2n) is 4.76. The molecule has 0 aliphatic rings. The fourth-order valence-electron chi connectivity index (χ4n) is 2.17. The van der Waals surface area contributed by atoms with Gasteiger partial charge in [-0.05, 0) is 54.4 Å². The summed E-state index contributed by atoms with van der Waals surface area (Å²) in [4.78, 5) is 0. The van der Waals surface area contributed by atoms with Crippen LogP contribution < -0.4 is 5.32 Å². The van der Waals surface area contributed by atoms with E-state index in [4.69, 9.17) is 46.4 Å². The average molecular weight is 363 g/mol. The van der Waals surface area contributed by atoms with Crippen LogP contribution in [0.4, 0.5) is 0 Å². The van der Waals surface area contributed by atoms with Gasteiger partial charge in [0.25, 0.3) is 0 Å². The maximum Gasteiger partial charge on any atom is 0.0592 e. The zero-order valence-corrected chi connectivity index (χ0v) is 14.5. The molecular weight excluding hydrogens is 348 g/mol. The lowest BCUT2D eigenvalue weighted by atomic mass is 9.98. The van der Waals surface area contributed by atoms with Crippen LogP contribution in [-0.2, 0) is 0 Å². The Hall–Kier alpha value is -0.440. The van der Waals surface area contributed by atoms with Gasteiger partial charge in [-0.15, -0.1) is 0 Å². The number of rotatable bonds is 5. The van der Waals surface area contributed by atoms with Crippen LogP contribution in [0.15, 0.2) is 36.4 Å². The summed E-state index contributed by atoms with van der Waals surface area (Å²) in [6.07, 6.45) is 1.01. The summed E-state index contributed by atoms with van der Waals surface area (Å²) in [5, 5.41) is 5.91. The van der Waals surface area contributed by atoms with Crippen molar-refractivity contribution in [1.29, 1.82) is 0 Å². The molecule has 1 atom stereocenters. The van der Waals surface area contributed by atoms with Crippen molar-refractivity contribution in [2.24, 2.45) is 0 Å². The highest BCUT2D eigenvalue weighted by Crippen LogP contribution is 2.33. The van der Waals surface area contributed by atoms with Crippen molar-refractivity contribution < 1.29 is 0 Å². The summed E-state index contributed by atoms with van der Waals surface area (Å²) in [7, 11) is 0. The Morgan fingerprint density at radius 2 is 1.57 bits per heavy atom. The molecule has 0 saturated carbocycles. The molecule has 1 N–H and O–H groups in total. The lowest BCUT2D eigenvalue weighted by Gasteiger charge is -2.21. The minimum absolute atomic E-state index is 0.0779. The molecule has 2 aromatic rings. The molecule has 0 aliphatic carbocycles. The topological polar surface area (TPSA) is 12.0 Å². The standard InChI is InChI=1S/C16H15Cl4N/c1-2-5-21-16(10-6-12(18)8-13(19)7-10)14-4-3-11(17)9-15(14)20/h3-4,6-9,16,21H,2,5H2,1H3. The summed E-state index contributed by atoms with van der Waals surface area (Å²) in [6.45, 7) is 2.96. The monoisotopic (exact) mass is 361 g/mol. The molecule has 1 nitrogen and oxygen atoms in total. The zero-order valence-electron chi connectivity index (χ0n) is 11.5. The van der Waals surface area contributed by atoms with Crippen molar-refractivity contribution in [3.05, 3.63) is 67.6 Å². The van der Waals surface area contributed by atoms with Crippen molar-refractivity contribution in [3.63, 3.8) is 0 Å². The van der Waals surface area contributed by atoms with E-state index < -0.39 is 0 Å². The second kappa shape index (κ2) is 7.71. The van der Waals surface area contributed by atoms with Crippen molar-refractivity contribution in [3.8, 4) is 0 Å². The lowest BCUT2D eigenvalue weighted by Crippen LogP contribution is -2.23. The van der Waals surface area contributed by atoms with Gasteiger partial charge in [0.1, 0.15) is 0 Å². The summed E-state index contributed by atoms with van der Waals surface area (Å²) in [5.74, 6) is 0. The zero-order chi connectivity index (χ0) is 15.4. The number of nitrogens with one attached hydrogen (secondary N) is 1. The lowest BCUT2D eigenvalue weighted by molar-refractivity contribution is 0.599. The van der Waals surface area contributed by atoms with Crippen LogP contribution in [0, 0.1) is 0 Å². The molecule has 0 saturated heterocycles. The maximum absolute atomic E-state index is 6.34. The number of hydrogen-bond donors (Lipinski definition) is 1. The highest BCUT2D eigenvalue weighted by atomic mass is 35.5. The van der Waals surface area contributed by atoms with Gasteiger partial charge in [-0.2, -0.15) is 0 Å². The Morgan fingerprint density at radius 3 is 2.14 bits per heavy atom. The van der Waals surface area contributed by atoms with Gasteiger partial charge in [0.05, 0.1) is 6.04 Å². The molecule has 5 heteroatoms. The minimum atomic E-state index is -0.0779. The van der Waals surface area contributed by atoms with Gasteiger partial charge in [-0.3, -0.25) is 0 Å². The van der Waals surface area contributed by atoms with Gasteiger partial charge in [0.15, 0.2) is 0 Å². The molecule has 0 aliphatic heterocycles. The average Bonchev–Trinajstić information content (AvgIpc) is 2.40.